The van der Waals surface area contributed by atoms with E-state index in [4.69, 9.17) is 9.26 Å². The first-order chi connectivity index (χ1) is 11.6. The van der Waals surface area contributed by atoms with Crippen molar-refractivity contribution in [1.29, 1.82) is 0 Å². The number of benzene rings is 1. The van der Waals surface area contributed by atoms with Gasteiger partial charge in [-0.25, -0.2) is 0 Å². The molecule has 1 aliphatic rings. The number of nitrogens with one attached hydrogen (secondary N) is 1. The summed E-state index contributed by atoms with van der Waals surface area (Å²) in [6.45, 7) is 2.13. The quantitative estimate of drug-likeness (QED) is 0.786. The Morgan fingerprint density at radius 3 is 3.00 bits per heavy atom. The summed E-state index contributed by atoms with van der Waals surface area (Å²) >= 11 is 0. The lowest BCUT2D eigenvalue weighted by atomic mass is 10.1. The van der Waals surface area contributed by atoms with Gasteiger partial charge in [0.05, 0.1) is 17.8 Å². The molecule has 8 heteroatoms. The average molecular weight is 325 g/mol. The fraction of sp³-hybridized carbons (Fsp3) is 0.250. The number of aryl methyl sites for hydroxylation is 2. The second-order valence-electron chi connectivity index (χ2n) is 5.63. The van der Waals surface area contributed by atoms with E-state index in [-0.39, 0.29) is 11.9 Å². The molecule has 1 aromatic carbocycles. The van der Waals surface area contributed by atoms with Crippen LogP contribution in [-0.4, -0.2) is 32.4 Å². The minimum atomic E-state index is -0.200. The molecule has 1 aliphatic heterocycles. The van der Waals surface area contributed by atoms with Crippen LogP contribution in [0.15, 0.2) is 35.1 Å². The van der Waals surface area contributed by atoms with Crippen molar-refractivity contribution in [2.45, 2.75) is 13.0 Å². The SMILES string of the molecule is Cc1nc(-c2ccc3c(c2)OCC3NC(=O)c2cnn(C)c2)no1. The third kappa shape index (κ3) is 2.51. The Hall–Kier alpha value is -3.16. The van der Waals surface area contributed by atoms with Gasteiger partial charge in [0, 0.05) is 31.3 Å². The number of fused-ring (bicyclic) bond motifs is 1. The molecule has 1 N–H and O–H groups in total. The topological polar surface area (TPSA) is 95.1 Å². The number of aromatic nitrogens is 4. The number of carbonyl (C=O) groups excluding carboxylic acids is 1. The van der Waals surface area contributed by atoms with Gasteiger partial charge in [-0.05, 0) is 6.07 Å². The Morgan fingerprint density at radius 1 is 1.42 bits per heavy atom. The molecule has 0 bridgehead atoms. The predicted molar refractivity (Wildman–Crippen MR) is 83.4 cm³/mol. The van der Waals surface area contributed by atoms with Gasteiger partial charge >= 0.3 is 0 Å². The van der Waals surface area contributed by atoms with Crippen molar-refractivity contribution in [2.75, 3.05) is 6.61 Å². The van der Waals surface area contributed by atoms with E-state index in [1.54, 1.807) is 24.9 Å². The Balaban J connectivity index is 1.55. The third-order valence-electron chi connectivity index (χ3n) is 3.85. The van der Waals surface area contributed by atoms with Gasteiger partial charge in [0.25, 0.3) is 5.91 Å². The number of amides is 1. The molecular formula is C16H15N5O3. The molecule has 0 fully saturated rings. The summed E-state index contributed by atoms with van der Waals surface area (Å²) in [7, 11) is 1.77. The van der Waals surface area contributed by atoms with E-state index in [2.05, 4.69) is 20.6 Å². The molecule has 1 amide bonds. The molecule has 0 saturated carbocycles. The summed E-state index contributed by atoms with van der Waals surface area (Å²) in [5.74, 6) is 1.56. The molecule has 0 saturated heterocycles. The zero-order valence-corrected chi connectivity index (χ0v) is 13.2. The second kappa shape index (κ2) is 5.48. The molecule has 0 radical (unpaired) electrons. The van der Waals surface area contributed by atoms with E-state index in [0.29, 0.717) is 29.6 Å². The van der Waals surface area contributed by atoms with Crippen molar-refractivity contribution in [2.24, 2.45) is 7.05 Å². The van der Waals surface area contributed by atoms with Gasteiger partial charge in [0.1, 0.15) is 12.4 Å². The maximum Gasteiger partial charge on any atom is 0.255 e. The molecular weight excluding hydrogens is 310 g/mol. The summed E-state index contributed by atoms with van der Waals surface area (Å²) in [4.78, 5) is 16.5. The summed E-state index contributed by atoms with van der Waals surface area (Å²) in [5, 5.41) is 10.9. The Morgan fingerprint density at radius 2 is 2.29 bits per heavy atom. The predicted octanol–water partition coefficient (Wildman–Crippen LogP) is 1.64. The normalized spacial score (nSPS) is 15.8. The van der Waals surface area contributed by atoms with E-state index in [9.17, 15) is 4.79 Å². The van der Waals surface area contributed by atoms with Gasteiger partial charge in [-0.3, -0.25) is 9.48 Å². The van der Waals surface area contributed by atoms with Crippen molar-refractivity contribution >= 4 is 5.91 Å². The first kappa shape index (κ1) is 14.4. The second-order valence-corrected chi connectivity index (χ2v) is 5.63. The van der Waals surface area contributed by atoms with E-state index in [1.165, 1.54) is 6.20 Å². The van der Waals surface area contributed by atoms with Crippen LogP contribution in [0.2, 0.25) is 0 Å². The van der Waals surface area contributed by atoms with Gasteiger partial charge in [-0.2, -0.15) is 10.1 Å². The largest absolute Gasteiger partial charge is 0.491 e. The summed E-state index contributed by atoms with van der Waals surface area (Å²) in [6, 6.07) is 5.46. The van der Waals surface area contributed by atoms with Crippen molar-refractivity contribution < 1.29 is 14.1 Å². The van der Waals surface area contributed by atoms with Crippen LogP contribution in [0.1, 0.15) is 27.9 Å². The van der Waals surface area contributed by atoms with Crippen LogP contribution in [0, 0.1) is 6.92 Å². The minimum Gasteiger partial charge on any atom is -0.491 e. The van der Waals surface area contributed by atoms with Crippen LogP contribution in [0.4, 0.5) is 0 Å². The first-order valence-corrected chi connectivity index (χ1v) is 7.47. The summed E-state index contributed by atoms with van der Waals surface area (Å²) in [6.07, 6.45) is 3.21. The van der Waals surface area contributed by atoms with Crippen LogP contribution in [-0.2, 0) is 7.05 Å². The number of rotatable bonds is 3. The molecule has 8 nitrogen and oxygen atoms in total. The minimum absolute atomic E-state index is 0.178. The van der Waals surface area contributed by atoms with E-state index in [0.717, 1.165) is 11.1 Å². The average Bonchev–Trinajstić information content (AvgIpc) is 3.28. The van der Waals surface area contributed by atoms with Gasteiger partial charge in [-0.15, -0.1) is 0 Å². The molecule has 2 aromatic heterocycles. The highest BCUT2D eigenvalue weighted by atomic mass is 16.5. The summed E-state index contributed by atoms with van der Waals surface area (Å²) < 4.78 is 12.3. The fourth-order valence-electron chi connectivity index (χ4n) is 2.67. The number of carbonyl (C=O) groups is 1. The van der Waals surface area contributed by atoms with Gasteiger partial charge < -0.3 is 14.6 Å². The lowest BCUT2D eigenvalue weighted by molar-refractivity contribution is 0.0930. The maximum atomic E-state index is 12.3. The lowest BCUT2D eigenvalue weighted by Gasteiger charge is -2.10. The molecule has 3 heterocycles. The van der Waals surface area contributed by atoms with Crippen molar-refractivity contribution in [3.63, 3.8) is 0 Å². The third-order valence-corrected chi connectivity index (χ3v) is 3.85. The van der Waals surface area contributed by atoms with Gasteiger partial charge in [0.15, 0.2) is 0 Å². The molecule has 1 unspecified atom stereocenters. The van der Waals surface area contributed by atoms with Crippen molar-refractivity contribution in [1.82, 2.24) is 25.2 Å². The highest BCUT2D eigenvalue weighted by Gasteiger charge is 2.27. The highest BCUT2D eigenvalue weighted by Crippen LogP contribution is 2.35. The molecule has 24 heavy (non-hydrogen) atoms. The zero-order valence-electron chi connectivity index (χ0n) is 13.2. The van der Waals surface area contributed by atoms with Crippen LogP contribution in [0.3, 0.4) is 0 Å². The first-order valence-electron chi connectivity index (χ1n) is 7.47. The van der Waals surface area contributed by atoms with Crippen molar-refractivity contribution in [3.8, 4) is 17.1 Å². The summed E-state index contributed by atoms with van der Waals surface area (Å²) in [5.41, 5.74) is 2.26. The number of hydrogen-bond donors (Lipinski definition) is 1. The number of nitrogens with zero attached hydrogens (tertiary/aromatic N) is 4. The standard InChI is InChI=1S/C16H15N5O3/c1-9-18-15(20-24-9)10-3-4-12-13(8-23-14(12)5-10)19-16(22)11-6-17-21(2)7-11/h3-7,13H,8H2,1-2H3,(H,19,22). The van der Waals surface area contributed by atoms with E-state index in [1.807, 2.05) is 18.2 Å². The highest BCUT2D eigenvalue weighted by molar-refractivity contribution is 5.94. The van der Waals surface area contributed by atoms with Crippen LogP contribution in [0.5, 0.6) is 5.75 Å². The maximum absolute atomic E-state index is 12.3. The van der Waals surface area contributed by atoms with Crippen LogP contribution >= 0.6 is 0 Å². The smallest absolute Gasteiger partial charge is 0.255 e. The van der Waals surface area contributed by atoms with Crippen molar-refractivity contribution in [3.05, 3.63) is 47.6 Å². The lowest BCUT2D eigenvalue weighted by Crippen LogP contribution is -2.29. The molecule has 4 rings (SSSR count). The molecule has 0 aliphatic carbocycles. The van der Waals surface area contributed by atoms with E-state index < -0.39 is 0 Å². The van der Waals surface area contributed by atoms with Crippen LogP contribution in [0.25, 0.3) is 11.4 Å². The van der Waals surface area contributed by atoms with Gasteiger partial charge in [0.2, 0.25) is 11.7 Å². The monoisotopic (exact) mass is 325 g/mol. The molecule has 1 atom stereocenters. The van der Waals surface area contributed by atoms with Crippen LogP contribution < -0.4 is 10.1 Å². The number of hydrogen-bond acceptors (Lipinski definition) is 6. The van der Waals surface area contributed by atoms with Gasteiger partial charge in [-0.1, -0.05) is 17.3 Å². The zero-order chi connectivity index (χ0) is 16.7. The molecule has 122 valence electrons. The van der Waals surface area contributed by atoms with E-state index >= 15 is 0 Å². The molecule has 3 aromatic rings. The fourth-order valence-corrected chi connectivity index (χ4v) is 2.67. The Labute approximate surface area is 137 Å². The Bertz CT molecular complexity index is 914. The Kier molecular flexibility index (Phi) is 3.30. The number of ether oxygens (including phenoxy) is 1. The molecule has 0 spiro atoms.